The Kier molecular flexibility index (Phi) is 4.52. The van der Waals surface area contributed by atoms with Crippen molar-refractivity contribution in [1.29, 1.82) is 0 Å². The summed E-state index contributed by atoms with van der Waals surface area (Å²) < 4.78 is 0. The van der Waals surface area contributed by atoms with Gasteiger partial charge in [-0.15, -0.1) is 11.6 Å². The maximum Gasteiger partial charge on any atom is 2.00 e. The summed E-state index contributed by atoms with van der Waals surface area (Å²) in [6.45, 7) is 2.15. The molecule has 0 radical (unpaired) electrons. The predicted octanol–water partition coefficient (Wildman–Crippen LogP) is 2.79. The van der Waals surface area contributed by atoms with Gasteiger partial charge in [-0.05, 0) is 19.8 Å². The molecule has 1 rings (SSSR count). The Bertz CT molecular complexity index is 80.5. The van der Waals surface area contributed by atoms with Crippen LogP contribution in [0.2, 0.25) is 0 Å². The molecule has 0 atom stereocenters. The molecule has 0 aromatic heterocycles. The summed E-state index contributed by atoms with van der Waals surface area (Å²) in [7, 11) is 0. The predicted molar refractivity (Wildman–Crippen MR) is 45.3 cm³/mol. The third kappa shape index (κ3) is 3.69. The molecule has 0 amide bonds. The van der Waals surface area contributed by atoms with E-state index in [0.717, 1.165) is 0 Å². The third-order valence-electron chi connectivity index (χ3n) is 1.90. The minimum absolute atomic E-state index is 0. The van der Waals surface area contributed by atoms with Crippen molar-refractivity contribution >= 4 is 34.7 Å². The second-order valence-corrected chi connectivity index (χ2v) is 3.89. The van der Waals surface area contributed by atoms with Crippen molar-refractivity contribution in [2.24, 2.45) is 0 Å². The smallest absolute Gasteiger partial charge is 1.00 e. The Hall–Kier alpha value is 1.06. The topological polar surface area (TPSA) is 0 Å². The molecule has 2 heteroatoms. The summed E-state index contributed by atoms with van der Waals surface area (Å²) in [6.07, 6.45) is 6.49. The van der Waals surface area contributed by atoms with Crippen LogP contribution in [0.4, 0.5) is 0 Å². The Morgan fingerprint density at radius 2 is 1.67 bits per heavy atom. The summed E-state index contributed by atoms with van der Waals surface area (Å²) in [5.41, 5.74) is 0. The molecule has 0 N–H and O–H groups in total. The van der Waals surface area contributed by atoms with Crippen molar-refractivity contribution in [2.45, 2.75) is 43.9 Å². The summed E-state index contributed by atoms with van der Waals surface area (Å²) >= 11 is 6.07. The molecule has 0 heterocycles. The number of alkyl halides is 1. The molecular weight excluding hydrogens is 144 g/mol. The fourth-order valence-electron chi connectivity index (χ4n) is 1.29. The maximum atomic E-state index is 6.07. The van der Waals surface area contributed by atoms with E-state index >= 15 is 0 Å². The molecule has 0 unspecified atom stereocenters. The molecule has 0 aromatic rings. The monoisotopic (exact) mass is 158 g/mol. The Labute approximate surface area is 81.5 Å². The van der Waals surface area contributed by atoms with Crippen LogP contribution in [0.1, 0.15) is 41.9 Å². The molecule has 0 aliphatic heterocycles. The largest absolute Gasteiger partial charge is 2.00 e. The van der Waals surface area contributed by atoms with Gasteiger partial charge in [0.05, 0.1) is 0 Å². The minimum atomic E-state index is 0. The molecule has 1 saturated carbocycles. The first kappa shape index (κ1) is 10.1. The number of halogens is 1. The van der Waals surface area contributed by atoms with Crippen LogP contribution in [0.15, 0.2) is 0 Å². The van der Waals surface area contributed by atoms with Gasteiger partial charge >= 0.3 is 23.1 Å². The van der Waals surface area contributed by atoms with Crippen molar-refractivity contribution < 1.29 is 2.85 Å². The molecule has 0 nitrogen and oxygen atoms in total. The molecule has 0 spiro atoms. The van der Waals surface area contributed by atoms with E-state index in [1.165, 1.54) is 32.1 Å². The average molecular weight is 159 g/mol. The van der Waals surface area contributed by atoms with Crippen LogP contribution in [-0.2, 0) is 0 Å². The fourth-order valence-corrected chi connectivity index (χ4v) is 1.56. The molecular formula is C7H15ClMg. The van der Waals surface area contributed by atoms with Crippen LogP contribution >= 0.6 is 11.6 Å². The molecule has 0 saturated heterocycles. The number of hydrogen-bond acceptors (Lipinski definition) is 0. The summed E-state index contributed by atoms with van der Waals surface area (Å²) in [5.74, 6) is 0. The first-order valence-corrected chi connectivity index (χ1v) is 3.77. The first-order valence-electron chi connectivity index (χ1n) is 3.40. The van der Waals surface area contributed by atoms with Crippen molar-refractivity contribution in [3.63, 3.8) is 0 Å². The molecule has 1 fully saturated rings. The van der Waals surface area contributed by atoms with Crippen LogP contribution < -0.4 is 0 Å². The zero-order valence-corrected chi connectivity index (χ0v) is 8.29. The Morgan fingerprint density at radius 3 is 1.89 bits per heavy atom. The molecule has 0 aromatic carbocycles. The molecule has 9 heavy (non-hydrogen) atoms. The molecule has 1 aliphatic rings. The van der Waals surface area contributed by atoms with E-state index in [-0.39, 0.29) is 30.8 Å². The van der Waals surface area contributed by atoms with Crippen molar-refractivity contribution in [1.82, 2.24) is 0 Å². The van der Waals surface area contributed by atoms with Gasteiger partial charge in [-0.3, -0.25) is 0 Å². The Balaban J connectivity index is -0.000000213. The number of rotatable bonds is 0. The van der Waals surface area contributed by atoms with Crippen LogP contribution in [0.5, 0.6) is 0 Å². The van der Waals surface area contributed by atoms with E-state index in [2.05, 4.69) is 6.92 Å². The second-order valence-electron chi connectivity index (χ2n) is 2.97. The van der Waals surface area contributed by atoms with E-state index in [0.29, 0.717) is 0 Å². The quantitative estimate of drug-likeness (QED) is 0.376. The van der Waals surface area contributed by atoms with Gasteiger partial charge < -0.3 is 2.85 Å². The third-order valence-corrected chi connectivity index (χ3v) is 2.27. The minimum Gasteiger partial charge on any atom is -1.00 e. The van der Waals surface area contributed by atoms with E-state index in [1.807, 2.05) is 0 Å². The SMILES string of the molecule is CC1(Cl)CCCCC1.[H-].[H-].[Mg+2]. The second kappa shape index (κ2) is 4.04. The van der Waals surface area contributed by atoms with Gasteiger partial charge in [0.2, 0.25) is 0 Å². The van der Waals surface area contributed by atoms with Crippen molar-refractivity contribution in [3.8, 4) is 0 Å². The maximum absolute atomic E-state index is 6.07. The van der Waals surface area contributed by atoms with E-state index < -0.39 is 0 Å². The molecule has 52 valence electrons. The molecule has 0 bridgehead atoms. The standard InChI is InChI=1S/C7H13Cl.Mg.2H/c1-7(8)5-3-2-4-6-7;;;/h2-6H2,1H3;;;/q;+2;2*-1. The fraction of sp³-hybridized carbons (Fsp3) is 1.00. The Morgan fingerprint density at radius 1 is 1.22 bits per heavy atom. The summed E-state index contributed by atoms with van der Waals surface area (Å²) in [4.78, 5) is 0.151. The average Bonchev–Trinajstić information content (AvgIpc) is 1.65. The van der Waals surface area contributed by atoms with E-state index in [4.69, 9.17) is 11.6 Å². The van der Waals surface area contributed by atoms with Crippen molar-refractivity contribution in [2.75, 3.05) is 0 Å². The van der Waals surface area contributed by atoms with Crippen LogP contribution in [0.3, 0.4) is 0 Å². The van der Waals surface area contributed by atoms with Gasteiger partial charge in [-0.25, -0.2) is 0 Å². The van der Waals surface area contributed by atoms with Gasteiger partial charge in [0.1, 0.15) is 0 Å². The van der Waals surface area contributed by atoms with Gasteiger partial charge in [-0.2, -0.15) is 0 Å². The van der Waals surface area contributed by atoms with Gasteiger partial charge in [0, 0.05) is 4.87 Å². The van der Waals surface area contributed by atoms with E-state index in [9.17, 15) is 0 Å². The zero-order valence-electron chi connectivity index (χ0n) is 8.12. The summed E-state index contributed by atoms with van der Waals surface area (Å²) in [5, 5.41) is 0. The number of hydrogen-bond donors (Lipinski definition) is 0. The normalized spacial score (nSPS) is 24.7. The van der Waals surface area contributed by atoms with E-state index in [1.54, 1.807) is 0 Å². The molecule has 1 aliphatic carbocycles. The van der Waals surface area contributed by atoms with Crippen molar-refractivity contribution in [3.05, 3.63) is 0 Å². The van der Waals surface area contributed by atoms with Gasteiger partial charge in [0.25, 0.3) is 0 Å². The first-order chi connectivity index (χ1) is 3.71. The zero-order chi connectivity index (χ0) is 6.04. The van der Waals surface area contributed by atoms with Crippen LogP contribution in [0.25, 0.3) is 0 Å². The summed E-state index contributed by atoms with van der Waals surface area (Å²) in [6, 6.07) is 0. The van der Waals surface area contributed by atoms with Gasteiger partial charge in [-0.1, -0.05) is 19.3 Å². The van der Waals surface area contributed by atoms with Gasteiger partial charge in [0.15, 0.2) is 0 Å². The van der Waals surface area contributed by atoms with Crippen LogP contribution in [-0.4, -0.2) is 27.9 Å². The van der Waals surface area contributed by atoms with Crippen LogP contribution in [0, 0.1) is 0 Å².